The zero-order chi connectivity index (χ0) is 15.4. The first kappa shape index (κ1) is 15.4. The molecule has 7 heteroatoms. The summed E-state index contributed by atoms with van der Waals surface area (Å²) in [5, 5.41) is 14.9. The smallest absolute Gasteiger partial charge is 0.310 e. The number of aromatic nitrogens is 1. The molecular weight excluding hydrogens is 290 g/mol. The summed E-state index contributed by atoms with van der Waals surface area (Å²) in [7, 11) is 1.82. The Bertz CT molecular complexity index is 635. The van der Waals surface area contributed by atoms with E-state index in [2.05, 4.69) is 10.3 Å². The van der Waals surface area contributed by atoms with Crippen molar-refractivity contribution in [1.82, 2.24) is 10.3 Å². The maximum atomic E-state index is 11.1. The zero-order valence-electron chi connectivity index (χ0n) is 12.2. The summed E-state index contributed by atoms with van der Waals surface area (Å²) < 4.78 is 5.62. The second-order valence-corrected chi connectivity index (χ2v) is 5.92. The molecule has 1 aromatic heterocycles. The topological polar surface area (TPSA) is 77.3 Å². The largest absolute Gasteiger partial charge is 0.479 e. The predicted molar refractivity (Wildman–Crippen MR) is 81.8 cm³/mol. The lowest BCUT2D eigenvalue weighted by atomic mass is 10.2. The van der Waals surface area contributed by atoms with E-state index in [0.29, 0.717) is 6.54 Å². The van der Waals surface area contributed by atoms with Crippen molar-refractivity contribution in [3.05, 3.63) is 49.5 Å². The normalized spacial score (nSPS) is 10.6. The first-order chi connectivity index (χ1) is 10.0. The van der Waals surface area contributed by atoms with Gasteiger partial charge in [0, 0.05) is 17.5 Å². The Kier molecular flexibility index (Phi) is 4.87. The molecule has 0 saturated carbocycles. The number of nitro groups is 1. The SMILES string of the molecule is CNCc1ccc([N+](=O)[O-])c(OCc2nc(C)c(C)s2)c1. The van der Waals surface area contributed by atoms with Crippen molar-refractivity contribution < 1.29 is 9.66 Å². The zero-order valence-corrected chi connectivity index (χ0v) is 13.0. The van der Waals surface area contributed by atoms with Crippen molar-refractivity contribution in [1.29, 1.82) is 0 Å². The van der Waals surface area contributed by atoms with Gasteiger partial charge in [-0.2, -0.15) is 0 Å². The van der Waals surface area contributed by atoms with Gasteiger partial charge in [-0.3, -0.25) is 10.1 Å². The molecule has 0 aliphatic heterocycles. The number of aryl methyl sites for hydroxylation is 2. The minimum atomic E-state index is -0.434. The molecule has 0 radical (unpaired) electrons. The highest BCUT2D eigenvalue weighted by Crippen LogP contribution is 2.29. The van der Waals surface area contributed by atoms with Crippen LogP contribution in [0.4, 0.5) is 5.69 Å². The van der Waals surface area contributed by atoms with Gasteiger partial charge in [0.25, 0.3) is 0 Å². The number of nitro benzene ring substituents is 1. The first-order valence-corrected chi connectivity index (χ1v) is 7.30. The number of hydrogen-bond donors (Lipinski definition) is 1. The second-order valence-electron chi connectivity index (χ2n) is 4.63. The van der Waals surface area contributed by atoms with Gasteiger partial charge >= 0.3 is 5.69 Å². The van der Waals surface area contributed by atoms with E-state index >= 15 is 0 Å². The summed E-state index contributed by atoms with van der Waals surface area (Å²) >= 11 is 1.54. The fourth-order valence-electron chi connectivity index (χ4n) is 1.88. The van der Waals surface area contributed by atoms with Crippen LogP contribution in [0.25, 0.3) is 0 Å². The molecule has 6 nitrogen and oxygen atoms in total. The van der Waals surface area contributed by atoms with Crippen LogP contribution < -0.4 is 10.1 Å². The van der Waals surface area contributed by atoms with Crippen molar-refractivity contribution in [2.75, 3.05) is 7.05 Å². The van der Waals surface area contributed by atoms with Crippen molar-refractivity contribution in [2.24, 2.45) is 0 Å². The van der Waals surface area contributed by atoms with Gasteiger partial charge in [-0.25, -0.2) is 4.98 Å². The average molecular weight is 307 g/mol. The minimum Gasteiger partial charge on any atom is -0.479 e. The van der Waals surface area contributed by atoms with Crippen LogP contribution in [0.5, 0.6) is 5.75 Å². The summed E-state index contributed by atoms with van der Waals surface area (Å²) in [5.74, 6) is 0.276. The summed E-state index contributed by atoms with van der Waals surface area (Å²) in [5.41, 5.74) is 1.88. The predicted octanol–water partition coefficient (Wildman–Crippen LogP) is 2.97. The van der Waals surface area contributed by atoms with Gasteiger partial charge in [0.05, 0.1) is 10.6 Å². The van der Waals surface area contributed by atoms with E-state index < -0.39 is 4.92 Å². The lowest BCUT2D eigenvalue weighted by molar-refractivity contribution is -0.386. The quantitative estimate of drug-likeness (QED) is 0.656. The highest BCUT2D eigenvalue weighted by Gasteiger charge is 2.16. The fourth-order valence-corrected chi connectivity index (χ4v) is 2.73. The van der Waals surface area contributed by atoms with E-state index in [-0.39, 0.29) is 18.0 Å². The molecule has 2 rings (SSSR count). The van der Waals surface area contributed by atoms with Gasteiger partial charge in [-0.15, -0.1) is 11.3 Å². The number of thiazole rings is 1. The molecule has 0 amide bonds. The van der Waals surface area contributed by atoms with Crippen LogP contribution in [0.1, 0.15) is 21.1 Å². The van der Waals surface area contributed by atoms with Gasteiger partial charge in [-0.05, 0) is 32.5 Å². The molecule has 0 aliphatic rings. The highest BCUT2D eigenvalue weighted by molar-refractivity contribution is 7.11. The second kappa shape index (κ2) is 6.64. The van der Waals surface area contributed by atoms with Gasteiger partial charge in [0.1, 0.15) is 11.6 Å². The van der Waals surface area contributed by atoms with E-state index in [1.54, 1.807) is 23.5 Å². The molecule has 0 unspecified atom stereocenters. The number of rotatable bonds is 6. The Labute approximate surface area is 126 Å². The van der Waals surface area contributed by atoms with Crippen LogP contribution in [0.2, 0.25) is 0 Å². The molecule has 0 atom stereocenters. The summed E-state index contributed by atoms with van der Waals surface area (Å²) in [6.07, 6.45) is 0. The molecule has 0 aliphatic carbocycles. The number of nitrogens with one attached hydrogen (secondary N) is 1. The maximum absolute atomic E-state index is 11.1. The Morgan fingerprint density at radius 3 is 2.76 bits per heavy atom. The lowest BCUT2D eigenvalue weighted by Crippen LogP contribution is -2.06. The lowest BCUT2D eigenvalue weighted by Gasteiger charge is -2.07. The summed E-state index contributed by atoms with van der Waals surface area (Å²) in [4.78, 5) is 16.1. The van der Waals surface area contributed by atoms with Crippen LogP contribution in [-0.4, -0.2) is 17.0 Å². The Hall–Kier alpha value is -1.99. The van der Waals surface area contributed by atoms with Crippen LogP contribution in [0.3, 0.4) is 0 Å². The average Bonchev–Trinajstić information content (AvgIpc) is 2.76. The molecule has 112 valence electrons. The van der Waals surface area contributed by atoms with E-state index in [9.17, 15) is 10.1 Å². The van der Waals surface area contributed by atoms with Gasteiger partial charge in [0.2, 0.25) is 0 Å². The maximum Gasteiger partial charge on any atom is 0.310 e. The summed E-state index contributed by atoms with van der Waals surface area (Å²) in [6, 6.07) is 4.89. The fraction of sp³-hybridized carbons (Fsp3) is 0.357. The molecule has 21 heavy (non-hydrogen) atoms. The molecule has 0 fully saturated rings. The molecule has 0 spiro atoms. The van der Waals surface area contributed by atoms with Crippen molar-refractivity contribution in [2.45, 2.75) is 27.0 Å². The van der Waals surface area contributed by atoms with Gasteiger partial charge < -0.3 is 10.1 Å². The van der Waals surface area contributed by atoms with Crippen LogP contribution in [0, 0.1) is 24.0 Å². The first-order valence-electron chi connectivity index (χ1n) is 6.49. The number of ether oxygens (including phenoxy) is 1. The molecule has 1 heterocycles. The highest BCUT2D eigenvalue weighted by atomic mass is 32.1. The minimum absolute atomic E-state index is 0.0279. The van der Waals surface area contributed by atoms with E-state index in [1.807, 2.05) is 20.9 Å². The molecule has 0 saturated heterocycles. The Morgan fingerprint density at radius 2 is 2.19 bits per heavy atom. The van der Waals surface area contributed by atoms with Crippen LogP contribution in [0.15, 0.2) is 18.2 Å². The third-order valence-corrected chi connectivity index (χ3v) is 4.07. The van der Waals surface area contributed by atoms with Crippen LogP contribution in [-0.2, 0) is 13.2 Å². The molecule has 2 aromatic rings. The van der Waals surface area contributed by atoms with Crippen molar-refractivity contribution >= 4 is 17.0 Å². The van der Waals surface area contributed by atoms with E-state index in [0.717, 1.165) is 21.1 Å². The van der Waals surface area contributed by atoms with Gasteiger partial charge in [-0.1, -0.05) is 6.07 Å². The van der Waals surface area contributed by atoms with E-state index in [1.165, 1.54) is 6.07 Å². The number of hydrogen-bond acceptors (Lipinski definition) is 6. The van der Waals surface area contributed by atoms with Crippen molar-refractivity contribution in [3.8, 4) is 5.75 Å². The molecule has 1 N–H and O–H groups in total. The molecule has 1 aromatic carbocycles. The van der Waals surface area contributed by atoms with Gasteiger partial charge in [0.15, 0.2) is 5.75 Å². The summed E-state index contributed by atoms with van der Waals surface area (Å²) in [6.45, 7) is 4.80. The standard InChI is InChI=1S/C14H17N3O3S/c1-9-10(2)21-14(16-9)8-20-13-6-11(7-15-3)4-5-12(13)17(18)19/h4-6,15H,7-8H2,1-3H3. The third-order valence-electron chi connectivity index (χ3n) is 3.03. The molecule has 0 bridgehead atoms. The van der Waals surface area contributed by atoms with Crippen molar-refractivity contribution in [3.63, 3.8) is 0 Å². The Morgan fingerprint density at radius 1 is 1.43 bits per heavy atom. The number of nitrogens with zero attached hydrogens (tertiary/aromatic N) is 2. The molecular formula is C14H17N3O3S. The monoisotopic (exact) mass is 307 g/mol. The van der Waals surface area contributed by atoms with E-state index in [4.69, 9.17) is 4.74 Å². The van der Waals surface area contributed by atoms with Crippen LogP contribution >= 0.6 is 11.3 Å². The third kappa shape index (κ3) is 3.77. The number of benzene rings is 1. The Balaban J connectivity index is 2.20.